The first-order chi connectivity index (χ1) is 12.0. The number of aromatic nitrogens is 4. The van der Waals surface area contributed by atoms with Crippen molar-refractivity contribution in [1.29, 1.82) is 0 Å². The van der Waals surface area contributed by atoms with Crippen molar-refractivity contribution in [3.63, 3.8) is 0 Å². The lowest BCUT2D eigenvalue weighted by molar-refractivity contribution is -0.141. The largest absolute Gasteiger partial charge is 0.433 e. The second-order valence-corrected chi connectivity index (χ2v) is 6.73. The van der Waals surface area contributed by atoms with Gasteiger partial charge >= 0.3 is 6.18 Å². The first-order valence-electron chi connectivity index (χ1n) is 8.38. The van der Waals surface area contributed by atoms with Gasteiger partial charge in [0.2, 0.25) is 0 Å². The second kappa shape index (κ2) is 6.29. The Kier molecular flexibility index (Phi) is 4.10. The molecule has 134 valence electrons. The van der Waals surface area contributed by atoms with E-state index in [2.05, 4.69) is 25.7 Å². The number of anilines is 1. The van der Waals surface area contributed by atoms with Crippen LogP contribution < -0.4 is 10.2 Å². The van der Waals surface area contributed by atoms with Crippen LogP contribution in [0.1, 0.15) is 24.2 Å². The molecule has 0 radical (unpaired) electrons. The summed E-state index contributed by atoms with van der Waals surface area (Å²) in [6, 6.07) is 4.45. The Bertz CT molecular complexity index is 717. The van der Waals surface area contributed by atoms with Crippen LogP contribution >= 0.6 is 0 Å². The monoisotopic (exact) mass is 352 g/mol. The number of pyridine rings is 1. The predicted octanol–water partition coefficient (Wildman–Crippen LogP) is 2.22. The highest BCUT2D eigenvalue weighted by atomic mass is 19.4. The van der Waals surface area contributed by atoms with E-state index in [0.29, 0.717) is 30.2 Å². The van der Waals surface area contributed by atoms with Crippen LogP contribution in [0.3, 0.4) is 0 Å². The van der Waals surface area contributed by atoms with Crippen molar-refractivity contribution in [2.45, 2.75) is 31.6 Å². The molecule has 2 aliphatic rings. The van der Waals surface area contributed by atoms with Crippen molar-refractivity contribution in [1.82, 2.24) is 25.7 Å². The van der Waals surface area contributed by atoms with Crippen LogP contribution in [0.2, 0.25) is 0 Å². The van der Waals surface area contributed by atoms with E-state index in [9.17, 15) is 13.2 Å². The van der Waals surface area contributed by atoms with Gasteiger partial charge in [-0.3, -0.25) is 0 Å². The average Bonchev–Trinajstić information content (AvgIpc) is 3.30. The highest BCUT2D eigenvalue weighted by Crippen LogP contribution is 2.40. The summed E-state index contributed by atoms with van der Waals surface area (Å²) in [6.45, 7) is 2.14. The molecule has 3 heterocycles. The fourth-order valence-corrected chi connectivity index (χ4v) is 4.01. The zero-order chi connectivity index (χ0) is 17.4. The number of H-pyrrole nitrogens is 1. The van der Waals surface area contributed by atoms with Crippen molar-refractivity contribution >= 4 is 5.82 Å². The van der Waals surface area contributed by atoms with Gasteiger partial charge in [-0.25, -0.2) is 4.98 Å². The van der Waals surface area contributed by atoms with E-state index in [4.69, 9.17) is 0 Å². The van der Waals surface area contributed by atoms with Gasteiger partial charge in [0.25, 0.3) is 0 Å². The smallest absolute Gasteiger partial charge is 0.356 e. The third-order valence-electron chi connectivity index (χ3n) is 5.22. The molecule has 2 N–H and O–H groups in total. The molecular weight excluding hydrogens is 333 g/mol. The Morgan fingerprint density at radius 2 is 2.12 bits per heavy atom. The van der Waals surface area contributed by atoms with E-state index >= 15 is 0 Å². The maximum atomic E-state index is 12.9. The molecule has 1 aliphatic carbocycles. The summed E-state index contributed by atoms with van der Waals surface area (Å²) in [7, 11) is 0. The molecule has 6 nitrogen and oxygen atoms in total. The summed E-state index contributed by atoms with van der Waals surface area (Å²) >= 11 is 0. The van der Waals surface area contributed by atoms with Crippen LogP contribution in [0.15, 0.2) is 24.4 Å². The first kappa shape index (κ1) is 16.3. The molecule has 4 rings (SSSR count). The van der Waals surface area contributed by atoms with Crippen molar-refractivity contribution < 1.29 is 13.2 Å². The Morgan fingerprint density at radius 3 is 2.88 bits per heavy atom. The number of nitrogens with zero attached hydrogens (tertiary/aromatic N) is 4. The van der Waals surface area contributed by atoms with Crippen LogP contribution in [0.4, 0.5) is 19.0 Å². The van der Waals surface area contributed by atoms with Gasteiger partial charge in [0.1, 0.15) is 11.5 Å². The molecule has 3 atom stereocenters. The zero-order valence-corrected chi connectivity index (χ0v) is 13.5. The van der Waals surface area contributed by atoms with Crippen LogP contribution in [0, 0.1) is 11.8 Å². The number of alkyl halides is 3. The Balaban J connectivity index is 1.42. The number of rotatable bonds is 4. The maximum Gasteiger partial charge on any atom is 0.433 e. The molecule has 1 saturated heterocycles. The summed E-state index contributed by atoms with van der Waals surface area (Å²) in [4.78, 5) is 5.80. The Morgan fingerprint density at radius 1 is 1.24 bits per heavy atom. The van der Waals surface area contributed by atoms with E-state index < -0.39 is 11.9 Å². The van der Waals surface area contributed by atoms with Gasteiger partial charge in [0, 0.05) is 25.7 Å². The molecule has 0 bridgehead atoms. The second-order valence-electron chi connectivity index (χ2n) is 6.73. The Hall–Kier alpha value is -2.16. The molecule has 25 heavy (non-hydrogen) atoms. The van der Waals surface area contributed by atoms with Crippen molar-refractivity contribution in [2.24, 2.45) is 11.8 Å². The lowest BCUT2D eigenvalue weighted by atomic mass is 9.98. The number of nitrogens with one attached hydrogen (secondary N) is 2. The minimum atomic E-state index is -4.41. The highest BCUT2D eigenvalue weighted by Gasteiger charge is 2.43. The molecular formula is C16H19F3N6. The standard InChI is InChI=1S/C16H19F3N6/c17-16(18,19)14-2-1-3-15(22-14)25-8-10-4-5-13(12(10)9-25)20-6-11-7-21-24-23-11/h1-3,7,10,12-13,20H,4-6,8-9H2,(H,21,23,24). The number of aromatic amines is 1. The molecule has 1 saturated carbocycles. The van der Waals surface area contributed by atoms with E-state index in [1.54, 1.807) is 12.3 Å². The van der Waals surface area contributed by atoms with Gasteiger partial charge in [-0.05, 0) is 36.8 Å². The van der Waals surface area contributed by atoms with Crippen LogP contribution in [0.5, 0.6) is 0 Å². The summed E-state index contributed by atoms with van der Waals surface area (Å²) in [6.07, 6.45) is -0.562. The van der Waals surface area contributed by atoms with Crippen molar-refractivity contribution in [2.75, 3.05) is 18.0 Å². The van der Waals surface area contributed by atoms with Crippen molar-refractivity contribution in [3.8, 4) is 0 Å². The van der Waals surface area contributed by atoms with Crippen LogP contribution in [-0.2, 0) is 12.7 Å². The molecule has 3 unspecified atom stereocenters. The summed E-state index contributed by atoms with van der Waals surface area (Å²) < 4.78 is 38.6. The van der Waals surface area contributed by atoms with E-state index in [1.807, 2.05) is 4.90 Å². The lowest BCUT2D eigenvalue weighted by Gasteiger charge is -2.22. The van der Waals surface area contributed by atoms with Gasteiger partial charge in [-0.2, -0.15) is 28.6 Å². The molecule has 9 heteroatoms. The molecule has 0 amide bonds. The van der Waals surface area contributed by atoms with Crippen LogP contribution in [0.25, 0.3) is 0 Å². The van der Waals surface area contributed by atoms with E-state index in [-0.39, 0.29) is 0 Å². The third-order valence-corrected chi connectivity index (χ3v) is 5.22. The highest BCUT2D eigenvalue weighted by molar-refractivity contribution is 5.42. The molecule has 1 aliphatic heterocycles. The minimum absolute atomic E-state index is 0.345. The summed E-state index contributed by atoms with van der Waals surface area (Å²) in [5, 5.41) is 13.9. The van der Waals surface area contributed by atoms with Gasteiger partial charge < -0.3 is 10.2 Å². The summed E-state index contributed by atoms with van der Waals surface area (Å²) in [5.74, 6) is 1.33. The normalized spacial score (nSPS) is 26.2. The molecule has 0 aromatic carbocycles. The number of fused-ring (bicyclic) bond motifs is 1. The Labute approximate surface area is 142 Å². The van der Waals surface area contributed by atoms with E-state index in [1.165, 1.54) is 6.07 Å². The number of halogens is 3. The van der Waals surface area contributed by atoms with Crippen LogP contribution in [-0.4, -0.2) is 39.5 Å². The SMILES string of the molecule is FC(F)(F)c1cccc(N2CC3CCC(NCc4cn[nH]n4)C3C2)n1. The molecule has 2 fully saturated rings. The van der Waals surface area contributed by atoms with Gasteiger partial charge in [0.15, 0.2) is 0 Å². The number of hydrogen-bond donors (Lipinski definition) is 2. The third kappa shape index (κ3) is 3.33. The zero-order valence-electron chi connectivity index (χ0n) is 13.5. The summed E-state index contributed by atoms with van der Waals surface area (Å²) in [5.41, 5.74) is 0.0283. The van der Waals surface area contributed by atoms with Crippen molar-refractivity contribution in [3.05, 3.63) is 35.8 Å². The number of hydrogen-bond acceptors (Lipinski definition) is 5. The minimum Gasteiger partial charge on any atom is -0.356 e. The van der Waals surface area contributed by atoms with Gasteiger partial charge in [-0.1, -0.05) is 6.07 Å². The van der Waals surface area contributed by atoms with Gasteiger partial charge in [-0.15, -0.1) is 0 Å². The fraction of sp³-hybridized carbons (Fsp3) is 0.562. The topological polar surface area (TPSA) is 69.7 Å². The molecule has 2 aromatic heterocycles. The predicted molar refractivity (Wildman–Crippen MR) is 84.7 cm³/mol. The maximum absolute atomic E-state index is 12.9. The quantitative estimate of drug-likeness (QED) is 0.883. The first-order valence-corrected chi connectivity index (χ1v) is 8.38. The molecule has 0 spiro atoms. The lowest BCUT2D eigenvalue weighted by Crippen LogP contribution is -2.35. The van der Waals surface area contributed by atoms with Gasteiger partial charge in [0.05, 0.1) is 11.9 Å². The van der Waals surface area contributed by atoms with E-state index in [0.717, 1.165) is 37.7 Å². The molecule has 2 aromatic rings. The fourth-order valence-electron chi connectivity index (χ4n) is 4.01. The average molecular weight is 352 g/mol.